The molecule has 1 unspecified atom stereocenters. The van der Waals surface area contributed by atoms with Gasteiger partial charge in [-0.3, -0.25) is 4.79 Å². The number of benzene rings is 1. The molecule has 2 N–H and O–H groups in total. The van der Waals surface area contributed by atoms with E-state index >= 15 is 0 Å². The van der Waals surface area contributed by atoms with Crippen LogP contribution in [0.2, 0.25) is 0 Å². The second-order valence-electron chi connectivity index (χ2n) is 3.35. The third kappa shape index (κ3) is 3.31. The van der Waals surface area contributed by atoms with E-state index in [9.17, 15) is 14.7 Å². The number of aliphatic carboxylic acids is 1. The normalized spacial score (nSPS) is 12.2. The zero-order valence-corrected chi connectivity index (χ0v) is 11.2. The molecule has 0 aromatic heterocycles. The maximum atomic E-state index is 11.7. The van der Waals surface area contributed by atoms with Gasteiger partial charge in [0.2, 0.25) is 0 Å². The minimum atomic E-state index is -1.67. The molecule has 0 aliphatic rings. The largest absolute Gasteiger partial charge is 0.479 e. The van der Waals surface area contributed by atoms with Gasteiger partial charge in [-0.05, 0) is 0 Å². The van der Waals surface area contributed by atoms with Crippen molar-refractivity contribution < 1.29 is 19.8 Å². The van der Waals surface area contributed by atoms with Crippen molar-refractivity contribution in [2.75, 3.05) is 5.33 Å². The molecule has 0 radical (unpaired) electrons. The molecule has 0 aliphatic heterocycles. The number of hydrogen-bond acceptors (Lipinski definition) is 4. The number of carboxylic acids is 1. The Morgan fingerprint density at radius 3 is 2.59 bits per heavy atom. The van der Waals surface area contributed by atoms with Gasteiger partial charge in [0, 0.05) is 27.8 Å². The number of halogens is 1. The van der Waals surface area contributed by atoms with Gasteiger partial charge < -0.3 is 10.2 Å². The third-order valence-corrected chi connectivity index (χ3v) is 3.11. The lowest BCUT2D eigenvalue weighted by atomic mass is 10.0. The first-order valence-electron chi connectivity index (χ1n) is 4.81. The fourth-order valence-electron chi connectivity index (χ4n) is 1.36. The predicted molar refractivity (Wildman–Crippen MR) is 69.0 cm³/mol. The molecule has 0 aliphatic carbocycles. The van der Waals surface area contributed by atoms with Gasteiger partial charge in [-0.2, -0.15) is 0 Å². The molecule has 0 amide bonds. The molecular weight excluding hydrogens is 308 g/mol. The van der Waals surface area contributed by atoms with Crippen LogP contribution >= 0.6 is 28.6 Å². The van der Waals surface area contributed by atoms with E-state index in [1.54, 1.807) is 6.07 Å². The Morgan fingerprint density at radius 1 is 1.41 bits per heavy atom. The minimum absolute atomic E-state index is 0.126. The summed E-state index contributed by atoms with van der Waals surface area (Å²) in [6.07, 6.45) is -1.38. The van der Waals surface area contributed by atoms with Gasteiger partial charge in [-0.1, -0.05) is 34.1 Å². The maximum absolute atomic E-state index is 11.7. The molecule has 0 spiro atoms. The first kappa shape index (κ1) is 14.2. The van der Waals surface area contributed by atoms with E-state index in [2.05, 4.69) is 28.6 Å². The number of hydrogen-bond donors (Lipinski definition) is 3. The average molecular weight is 319 g/mol. The molecule has 0 fully saturated rings. The van der Waals surface area contributed by atoms with Crippen LogP contribution in [0.1, 0.15) is 28.4 Å². The fourth-order valence-corrected chi connectivity index (χ4v) is 2.12. The van der Waals surface area contributed by atoms with Crippen molar-refractivity contribution in [3.05, 3.63) is 29.3 Å². The Hall–Kier alpha value is -0.850. The van der Waals surface area contributed by atoms with Crippen molar-refractivity contribution >= 4 is 40.3 Å². The Labute approximate surface area is 112 Å². The predicted octanol–water partition coefficient (Wildman–Crippen LogP) is 2.06. The van der Waals surface area contributed by atoms with Crippen molar-refractivity contribution in [3.8, 4) is 0 Å². The molecular formula is C11H11BrO4S. The van der Waals surface area contributed by atoms with E-state index in [1.807, 2.05) is 0 Å². The number of alkyl halides is 1. The molecule has 1 aromatic rings. The maximum Gasteiger partial charge on any atom is 0.337 e. The van der Waals surface area contributed by atoms with Gasteiger partial charge in [0.1, 0.15) is 0 Å². The number of carboxylic acid groups (broad SMARTS) is 1. The Bertz CT molecular complexity index is 447. The smallest absolute Gasteiger partial charge is 0.337 e. The number of aliphatic hydroxyl groups is 1. The lowest BCUT2D eigenvalue weighted by Gasteiger charge is -2.11. The lowest BCUT2D eigenvalue weighted by molar-refractivity contribution is -0.147. The summed E-state index contributed by atoms with van der Waals surface area (Å²) in [4.78, 5) is 22.6. The van der Waals surface area contributed by atoms with Crippen LogP contribution in [0, 0.1) is 0 Å². The van der Waals surface area contributed by atoms with Crippen LogP contribution in [-0.4, -0.2) is 27.3 Å². The first-order valence-corrected chi connectivity index (χ1v) is 6.37. The molecule has 0 bridgehead atoms. The van der Waals surface area contributed by atoms with Gasteiger partial charge in [-0.15, -0.1) is 12.6 Å². The van der Waals surface area contributed by atoms with E-state index in [0.717, 1.165) is 0 Å². The molecule has 0 heterocycles. The molecule has 92 valence electrons. The second kappa shape index (κ2) is 6.18. The number of rotatable bonds is 5. The highest BCUT2D eigenvalue weighted by molar-refractivity contribution is 9.09. The van der Waals surface area contributed by atoms with Gasteiger partial charge >= 0.3 is 5.97 Å². The number of Topliss-reactive ketones (excluding diaryl/α,β-unsaturated/α-hetero) is 1. The van der Waals surface area contributed by atoms with Crippen molar-refractivity contribution in [2.24, 2.45) is 0 Å². The number of aliphatic hydroxyl groups excluding tert-OH is 1. The molecule has 17 heavy (non-hydrogen) atoms. The number of carbonyl (C=O) groups excluding carboxylic acids is 1. The lowest BCUT2D eigenvalue weighted by Crippen LogP contribution is -2.13. The molecule has 1 rings (SSSR count). The number of carbonyl (C=O) groups is 2. The summed E-state index contributed by atoms with van der Waals surface area (Å²) in [5.41, 5.74) is 0.451. The molecule has 1 aromatic carbocycles. The molecule has 0 saturated heterocycles. The van der Waals surface area contributed by atoms with Gasteiger partial charge in [0.25, 0.3) is 0 Å². The molecule has 6 heteroatoms. The Balaban J connectivity index is 3.15. The summed E-state index contributed by atoms with van der Waals surface area (Å²) in [5, 5.41) is 18.7. The molecule has 1 atom stereocenters. The van der Waals surface area contributed by atoms with Crippen molar-refractivity contribution in [1.82, 2.24) is 0 Å². The van der Waals surface area contributed by atoms with Crippen LogP contribution in [0.4, 0.5) is 0 Å². The van der Waals surface area contributed by atoms with E-state index in [-0.39, 0.29) is 16.2 Å². The Morgan fingerprint density at radius 2 is 2.06 bits per heavy atom. The zero-order valence-electron chi connectivity index (χ0n) is 8.76. The van der Waals surface area contributed by atoms with E-state index in [0.29, 0.717) is 17.3 Å². The van der Waals surface area contributed by atoms with Crippen molar-refractivity contribution in [2.45, 2.75) is 17.4 Å². The zero-order chi connectivity index (χ0) is 13.0. The number of ketones is 1. The highest BCUT2D eigenvalue weighted by Gasteiger charge is 2.21. The van der Waals surface area contributed by atoms with Crippen LogP contribution < -0.4 is 0 Å². The summed E-state index contributed by atoms with van der Waals surface area (Å²) >= 11 is 7.27. The summed E-state index contributed by atoms with van der Waals surface area (Å²) in [7, 11) is 0. The van der Waals surface area contributed by atoms with E-state index < -0.39 is 12.1 Å². The summed E-state index contributed by atoms with van der Waals surface area (Å²) in [6, 6.07) is 4.53. The summed E-state index contributed by atoms with van der Waals surface area (Å²) in [5.74, 6) is -1.52. The van der Waals surface area contributed by atoms with Crippen molar-refractivity contribution in [1.29, 1.82) is 0 Å². The minimum Gasteiger partial charge on any atom is -0.479 e. The SMILES string of the molecule is O=C(CCBr)c1cccc(C(O)C(=O)O)c1S. The highest BCUT2D eigenvalue weighted by atomic mass is 79.9. The molecule has 0 saturated carbocycles. The van der Waals surface area contributed by atoms with E-state index in [1.165, 1.54) is 12.1 Å². The van der Waals surface area contributed by atoms with Crippen LogP contribution in [0.25, 0.3) is 0 Å². The summed E-state index contributed by atoms with van der Waals surface area (Å²) < 4.78 is 0. The third-order valence-electron chi connectivity index (χ3n) is 2.22. The van der Waals surface area contributed by atoms with E-state index in [4.69, 9.17) is 5.11 Å². The number of thiol groups is 1. The monoisotopic (exact) mass is 318 g/mol. The second-order valence-corrected chi connectivity index (χ2v) is 4.59. The first-order chi connectivity index (χ1) is 7.99. The Kier molecular flexibility index (Phi) is 5.17. The molecule has 4 nitrogen and oxygen atoms in total. The highest BCUT2D eigenvalue weighted by Crippen LogP contribution is 2.26. The van der Waals surface area contributed by atoms with Crippen molar-refractivity contribution in [3.63, 3.8) is 0 Å². The van der Waals surface area contributed by atoms with Crippen LogP contribution in [0.5, 0.6) is 0 Å². The quantitative estimate of drug-likeness (QED) is 0.441. The van der Waals surface area contributed by atoms with Crippen LogP contribution in [0.3, 0.4) is 0 Å². The topological polar surface area (TPSA) is 74.6 Å². The summed E-state index contributed by atoms with van der Waals surface area (Å²) in [6.45, 7) is 0. The standard InChI is InChI=1S/C11H11BrO4S/c12-5-4-8(13)6-2-1-3-7(10(6)17)9(14)11(15)16/h1-3,9,14,17H,4-5H2,(H,15,16). The van der Waals surface area contributed by atoms with Gasteiger partial charge in [0.15, 0.2) is 11.9 Å². The fraction of sp³-hybridized carbons (Fsp3) is 0.273. The van der Waals surface area contributed by atoms with Gasteiger partial charge in [-0.25, -0.2) is 4.79 Å². The van der Waals surface area contributed by atoms with Crippen LogP contribution in [0.15, 0.2) is 23.1 Å². The van der Waals surface area contributed by atoms with Crippen LogP contribution in [-0.2, 0) is 4.79 Å². The average Bonchev–Trinajstić information content (AvgIpc) is 2.28. The van der Waals surface area contributed by atoms with Gasteiger partial charge in [0.05, 0.1) is 0 Å².